The van der Waals surface area contributed by atoms with Gasteiger partial charge < -0.3 is 10.6 Å². The molecule has 110 valence electrons. The quantitative estimate of drug-likeness (QED) is 0.851. The average molecular weight is 294 g/mol. The van der Waals surface area contributed by atoms with Crippen LogP contribution in [0.2, 0.25) is 0 Å². The Balaban J connectivity index is 2.11. The van der Waals surface area contributed by atoms with Gasteiger partial charge in [0, 0.05) is 24.8 Å². The summed E-state index contributed by atoms with van der Waals surface area (Å²) in [5.74, 6) is -4.19. The number of carbonyl (C=O) groups excluding carboxylic acids is 1. The van der Waals surface area contributed by atoms with Gasteiger partial charge in [0.15, 0.2) is 17.5 Å². The average Bonchev–Trinajstić information content (AvgIpc) is 2.50. The van der Waals surface area contributed by atoms with Crippen LogP contribution in [0.25, 0.3) is 0 Å². The summed E-state index contributed by atoms with van der Waals surface area (Å²) in [7, 11) is 1.52. The van der Waals surface area contributed by atoms with Crippen molar-refractivity contribution in [1.82, 2.24) is 5.32 Å². The molecule has 0 atom stereocenters. The maximum atomic E-state index is 13.1. The first-order valence-electron chi connectivity index (χ1n) is 6.20. The van der Waals surface area contributed by atoms with Crippen molar-refractivity contribution in [1.29, 1.82) is 0 Å². The normalized spacial score (nSPS) is 10.3. The second-order valence-corrected chi connectivity index (χ2v) is 4.39. The van der Waals surface area contributed by atoms with Crippen LogP contribution >= 0.6 is 0 Å². The first-order chi connectivity index (χ1) is 10.0. The third-order valence-corrected chi connectivity index (χ3v) is 2.89. The molecule has 0 aromatic heterocycles. The van der Waals surface area contributed by atoms with Gasteiger partial charge >= 0.3 is 0 Å². The van der Waals surface area contributed by atoms with E-state index in [0.717, 1.165) is 12.1 Å². The molecule has 0 saturated carbocycles. The predicted octanol–water partition coefficient (Wildman–Crippen LogP) is 3.08. The lowest BCUT2D eigenvalue weighted by atomic mass is 10.1. The monoisotopic (exact) mass is 294 g/mol. The van der Waals surface area contributed by atoms with Crippen LogP contribution < -0.4 is 10.6 Å². The summed E-state index contributed by atoms with van der Waals surface area (Å²) in [4.78, 5) is 11.5. The number of rotatable bonds is 4. The van der Waals surface area contributed by atoms with Gasteiger partial charge in [-0.05, 0) is 35.9 Å². The lowest BCUT2D eigenvalue weighted by molar-refractivity contribution is 0.0963. The van der Waals surface area contributed by atoms with Crippen LogP contribution in [0.3, 0.4) is 0 Å². The van der Waals surface area contributed by atoms with Gasteiger partial charge in [0.2, 0.25) is 0 Å². The van der Waals surface area contributed by atoms with Gasteiger partial charge in [-0.2, -0.15) is 0 Å². The summed E-state index contributed by atoms with van der Waals surface area (Å²) < 4.78 is 39.0. The third-order valence-electron chi connectivity index (χ3n) is 2.89. The molecule has 2 N–H and O–H groups in total. The molecule has 0 aliphatic heterocycles. The van der Waals surface area contributed by atoms with Crippen molar-refractivity contribution in [2.45, 2.75) is 6.54 Å². The topological polar surface area (TPSA) is 41.1 Å². The van der Waals surface area contributed by atoms with Gasteiger partial charge in [-0.3, -0.25) is 4.79 Å². The highest BCUT2D eigenvalue weighted by Crippen LogP contribution is 2.16. The van der Waals surface area contributed by atoms with Crippen molar-refractivity contribution < 1.29 is 18.0 Å². The summed E-state index contributed by atoms with van der Waals surface area (Å²) in [6.07, 6.45) is 0. The molecule has 0 unspecified atom stereocenters. The Bertz CT molecular complexity index is 651. The largest absolute Gasteiger partial charge is 0.381 e. The number of carbonyl (C=O) groups is 1. The van der Waals surface area contributed by atoms with Gasteiger partial charge in [0.05, 0.1) is 0 Å². The number of nitrogens with one attached hydrogen (secondary N) is 2. The standard InChI is InChI=1S/C15H13F3N2O/c1-19-15(21)10-3-2-4-11(7-10)20-8-9-5-12(16)14(18)13(17)6-9/h2-7,20H,8H2,1H3,(H,19,21). The molecule has 6 heteroatoms. The zero-order valence-corrected chi connectivity index (χ0v) is 11.2. The number of amides is 1. The van der Waals surface area contributed by atoms with Crippen molar-refractivity contribution in [3.05, 3.63) is 65.0 Å². The van der Waals surface area contributed by atoms with Crippen LogP contribution in [0, 0.1) is 17.5 Å². The predicted molar refractivity (Wildman–Crippen MR) is 73.5 cm³/mol. The second kappa shape index (κ2) is 6.30. The van der Waals surface area contributed by atoms with Crippen LogP contribution in [0.5, 0.6) is 0 Å². The summed E-state index contributed by atoms with van der Waals surface area (Å²) >= 11 is 0. The van der Waals surface area contributed by atoms with E-state index in [1.54, 1.807) is 24.3 Å². The molecule has 0 aliphatic rings. The highest BCUT2D eigenvalue weighted by atomic mass is 19.2. The molecule has 0 spiro atoms. The molecule has 21 heavy (non-hydrogen) atoms. The number of benzene rings is 2. The van der Waals surface area contributed by atoms with Gasteiger partial charge in [0.1, 0.15) is 0 Å². The Morgan fingerprint density at radius 2 is 1.76 bits per heavy atom. The third kappa shape index (κ3) is 3.53. The lowest BCUT2D eigenvalue weighted by Crippen LogP contribution is -2.17. The van der Waals surface area contributed by atoms with E-state index in [0.29, 0.717) is 11.3 Å². The molecule has 0 bridgehead atoms. The molecular weight excluding hydrogens is 281 g/mol. The minimum atomic E-state index is -1.49. The first kappa shape index (κ1) is 14.9. The number of anilines is 1. The maximum absolute atomic E-state index is 13.1. The van der Waals surface area contributed by atoms with Gasteiger partial charge in [-0.25, -0.2) is 13.2 Å². The zero-order valence-electron chi connectivity index (χ0n) is 11.2. The highest BCUT2D eigenvalue weighted by Gasteiger charge is 2.10. The Hall–Kier alpha value is -2.50. The van der Waals surface area contributed by atoms with E-state index in [1.807, 2.05) is 0 Å². The molecule has 2 aromatic rings. The Morgan fingerprint density at radius 3 is 2.38 bits per heavy atom. The molecule has 2 aromatic carbocycles. The Kier molecular flexibility index (Phi) is 4.47. The van der Waals surface area contributed by atoms with Gasteiger partial charge in [-0.1, -0.05) is 6.07 Å². The molecule has 0 aliphatic carbocycles. The molecule has 3 nitrogen and oxygen atoms in total. The van der Waals surface area contributed by atoms with Crippen molar-refractivity contribution in [3.8, 4) is 0 Å². The van der Waals surface area contributed by atoms with E-state index >= 15 is 0 Å². The van der Waals surface area contributed by atoms with E-state index in [9.17, 15) is 18.0 Å². The molecule has 0 saturated heterocycles. The van der Waals surface area contributed by atoms with Crippen LogP contribution in [0.4, 0.5) is 18.9 Å². The highest BCUT2D eigenvalue weighted by molar-refractivity contribution is 5.94. The fourth-order valence-corrected chi connectivity index (χ4v) is 1.83. The van der Waals surface area contributed by atoms with E-state index in [2.05, 4.69) is 10.6 Å². The first-order valence-corrected chi connectivity index (χ1v) is 6.20. The van der Waals surface area contributed by atoms with Crippen LogP contribution in [0.15, 0.2) is 36.4 Å². The van der Waals surface area contributed by atoms with E-state index in [4.69, 9.17) is 0 Å². The summed E-state index contributed by atoms with van der Waals surface area (Å²) in [6.45, 7) is 0.102. The molecule has 0 heterocycles. The number of hydrogen-bond acceptors (Lipinski definition) is 2. The summed E-state index contributed by atoms with van der Waals surface area (Å²) in [5, 5.41) is 5.41. The fraction of sp³-hybridized carbons (Fsp3) is 0.133. The van der Waals surface area contributed by atoms with Crippen molar-refractivity contribution in [2.75, 3.05) is 12.4 Å². The van der Waals surface area contributed by atoms with Crippen LogP contribution in [-0.4, -0.2) is 13.0 Å². The van der Waals surface area contributed by atoms with Crippen molar-refractivity contribution in [2.24, 2.45) is 0 Å². The molecule has 1 amide bonds. The minimum absolute atomic E-state index is 0.102. The van der Waals surface area contributed by atoms with Crippen molar-refractivity contribution in [3.63, 3.8) is 0 Å². The van der Waals surface area contributed by atoms with Crippen LogP contribution in [-0.2, 0) is 6.54 Å². The van der Waals surface area contributed by atoms with E-state index in [-0.39, 0.29) is 18.0 Å². The molecule has 0 radical (unpaired) electrons. The second-order valence-electron chi connectivity index (χ2n) is 4.39. The smallest absolute Gasteiger partial charge is 0.251 e. The summed E-state index contributed by atoms with van der Waals surface area (Å²) in [6, 6.07) is 8.49. The zero-order chi connectivity index (χ0) is 15.4. The van der Waals surface area contributed by atoms with Crippen LogP contribution in [0.1, 0.15) is 15.9 Å². The minimum Gasteiger partial charge on any atom is -0.381 e. The Morgan fingerprint density at radius 1 is 1.10 bits per heavy atom. The molecular formula is C15H13F3N2O. The Labute approximate surface area is 119 Å². The van der Waals surface area contributed by atoms with Crippen molar-refractivity contribution >= 4 is 11.6 Å². The lowest BCUT2D eigenvalue weighted by Gasteiger charge is -2.09. The fourth-order valence-electron chi connectivity index (χ4n) is 1.83. The summed E-state index contributed by atoms with van der Waals surface area (Å²) in [5.41, 5.74) is 1.33. The van der Waals surface area contributed by atoms with Gasteiger partial charge in [0.25, 0.3) is 5.91 Å². The number of hydrogen-bond donors (Lipinski definition) is 2. The van der Waals surface area contributed by atoms with Gasteiger partial charge in [-0.15, -0.1) is 0 Å². The SMILES string of the molecule is CNC(=O)c1cccc(NCc2cc(F)c(F)c(F)c2)c1. The number of halogens is 3. The molecule has 0 fully saturated rings. The van der Waals surface area contributed by atoms with E-state index in [1.165, 1.54) is 7.05 Å². The van der Waals surface area contributed by atoms with E-state index < -0.39 is 17.5 Å². The molecule has 2 rings (SSSR count). The maximum Gasteiger partial charge on any atom is 0.251 e.